The zero-order valence-corrected chi connectivity index (χ0v) is 8.01. The number of rotatable bonds is 0. The standard InChI is InChI=1S/CH2O3.CH4.Bi.3H/c2-1(3)4;;;;;/h(H2,2,3,4);1H4;;;;. The third-order valence-electron chi connectivity index (χ3n) is 0. The molecule has 0 aromatic rings. The molecule has 0 radical (unpaired) electrons. The van der Waals surface area contributed by atoms with E-state index in [9.17, 15) is 0 Å². The van der Waals surface area contributed by atoms with Crippen LogP contribution in [0.2, 0.25) is 0 Å². The van der Waals surface area contributed by atoms with E-state index in [1.807, 2.05) is 0 Å². The van der Waals surface area contributed by atoms with Crippen LogP contribution < -0.4 is 0 Å². The summed E-state index contributed by atoms with van der Waals surface area (Å²) in [6, 6.07) is 0. The van der Waals surface area contributed by atoms with Crippen LogP contribution in [0, 0.1) is 0 Å². The molecule has 0 aliphatic rings. The van der Waals surface area contributed by atoms with E-state index in [2.05, 4.69) is 0 Å². The van der Waals surface area contributed by atoms with E-state index in [-0.39, 0.29) is 33.6 Å². The molecule has 6 heavy (non-hydrogen) atoms. The van der Waals surface area contributed by atoms with Gasteiger partial charge in [0.15, 0.2) is 0 Å². The molecule has 2 N–H and O–H groups in total. The Morgan fingerprint density at radius 2 is 1.33 bits per heavy atom. The molecule has 0 aromatic heterocycles. The Morgan fingerprint density at radius 3 is 1.33 bits per heavy atom. The Morgan fingerprint density at radius 1 is 1.33 bits per heavy atom. The summed E-state index contributed by atoms with van der Waals surface area (Å²) < 4.78 is 0. The summed E-state index contributed by atoms with van der Waals surface area (Å²) in [6.45, 7) is 0. The summed E-state index contributed by atoms with van der Waals surface area (Å²) in [7, 11) is 0. The number of carbonyl (C=O) groups is 1. The fourth-order valence-corrected chi connectivity index (χ4v) is 0. The second-order valence-corrected chi connectivity index (χ2v) is 0.283. The van der Waals surface area contributed by atoms with Crippen LogP contribution in [-0.2, 0) is 0 Å². The first kappa shape index (κ1) is 16.4. The topological polar surface area (TPSA) is 57.5 Å². The van der Waals surface area contributed by atoms with Crippen molar-refractivity contribution in [3.8, 4) is 0 Å². The van der Waals surface area contributed by atoms with Crippen molar-refractivity contribution in [2.45, 2.75) is 7.43 Å². The van der Waals surface area contributed by atoms with Gasteiger partial charge >= 0.3 is 32.4 Å². The SMILES string of the molecule is C.O=C(O)O.[BiH3]. The number of carboxylic acid groups (broad SMARTS) is 2. The molecule has 0 saturated carbocycles. The van der Waals surface area contributed by atoms with Gasteiger partial charge in [-0.1, -0.05) is 7.43 Å². The van der Waals surface area contributed by atoms with Gasteiger partial charge in [0, 0.05) is 0 Å². The molecular formula is C2H9BiO3. The Bertz CT molecular complexity index is 31.8. The summed E-state index contributed by atoms with van der Waals surface area (Å²) in [5, 5.41) is 13.9. The zero-order valence-electron chi connectivity index (χ0n) is 2.51. The molecule has 0 aromatic carbocycles. The molecule has 4 heteroatoms. The monoisotopic (exact) mass is 290 g/mol. The summed E-state index contributed by atoms with van der Waals surface area (Å²) in [4.78, 5) is 8.56. The van der Waals surface area contributed by atoms with Crippen molar-refractivity contribution in [2.75, 3.05) is 0 Å². The first-order chi connectivity index (χ1) is 1.73. The van der Waals surface area contributed by atoms with Crippen LogP contribution >= 0.6 is 0 Å². The van der Waals surface area contributed by atoms with Gasteiger partial charge in [-0.3, -0.25) is 0 Å². The van der Waals surface area contributed by atoms with E-state index < -0.39 is 6.16 Å². The Labute approximate surface area is 55.1 Å². The van der Waals surface area contributed by atoms with E-state index in [1.54, 1.807) is 0 Å². The molecule has 0 aliphatic heterocycles. The van der Waals surface area contributed by atoms with Crippen molar-refractivity contribution in [3.05, 3.63) is 0 Å². The van der Waals surface area contributed by atoms with Crippen molar-refractivity contribution >= 4 is 32.4 Å². The second-order valence-electron chi connectivity index (χ2n) is 0.283. The van der Waals surface area contributed by atoms with Gasteiger partial charge in [0.25, 0.3) is 0 Å². The molecule has 0 aliphatic carbocycles. The van der Waals surface area contributed by atoms with Crippen LogP contribution in [0.5, 0.6) is 0 Å². The number of hydrogen-bond acceptors (Lipinski definition) is 1. The average molecular weight is 290 g/mol. The summed E-state index contributed by atoms with van der Waals surface area (Å²) >= 11 is 0. The van der Waals surface area contributed by atoms with Crippen molar-refractivity contribution in [1.29, 1.82) is 0 Å². The average Bonchev–Trinajstić information content (AvgIpc) is 0.811. The molecule has 0 atom stereocenters. The van der Waals surface area contributed by atoms with Gasteiger partial charge in [-0.25, -0.2) is 4.79 Å². The van der Waals surface area contributed by atoms with Gasteiger partial charge in [0.2, 0.25) is 0 Å². The molecule has 0 amide bonds. The molecule has 3 nitrogen and oxygen atoms in total. The molecule has 0 heterocycles. The first-order valence-corrected chi connectivity index (χ1v) is 0.651. The maximum absolute atomic E-state index is 8.56. The van der Waals surface area contributed by atoms with E-state index in [4.69, 9.17) is 15.0 Å². The third kappa shape index (κ3) is 1760. The maximum atomic E-state index is 8.56. The second kappa shape index (κ2) is 8.94. The van der Waals surface area contributed by atoms with Gasteiger partial charge in [-0.15, -0.1) is 0 Å². The van der Waals surface area contributed by atoms with E-state index in [1.165, 1.54) is 0 Å². The Balaban J connectivity index is -0.0000000450. The van der Waals surface area contributed by atoms with Gasteiger partial charge in [-0.2, -0.15) is 0 Å². The molecular weight excluding hydrogens is 281 g/mol. The summed E-state index contributed by atoms with van der Waals surface area (Å²) in [5.41, 5.74) is 0. The Kier molecular flexibility index (Phi) is 24.5. The van der Waals surface area contributed by atoms with E-state index in [0.29, 0.717) is 0 Å². The summed E-state index contributed by atoms with van der Waals surface area (Å²) in [5.74, 6) is 0. The van der Waals surface area contributed by atoms with Gasteiger partial charge < -0.3 is 10.2 Å². The van der Waals surface area contributed by atoms with Gasteiger partial charge in [0.1, 0.15) is 0 Å². The predicted molar refractivity (Wildman–Crippen MR) is 27.3 cm³/mol. The van der Waals surface area contributed by atoms with Gasteiger partial charge in [0.05, 0.1) is 0 Å². The van der Waals surface area contributed by atoms with Crippen LogP contribution in [0.3, 0.4) is 0 Å². The fraction of sp³-hybridized carbons (Fsp3) is 0.500. The third-order valence-corrected chi connectivity index (χ3v) is 0. The van der Waals surface area contributed by atoms with Crippen molar-refractivity contribution in [2.24, 2.45) is 0 Å². The van der Waals surface area contributed by atoms with Crippen molar-refractivity contribution < 1.29 is 15.0 Å². The molecule has 0 rings (SSSR count). The Hall–Kier alpha value is 0.153. The van der Waals surface area contributed by atoms with Crippen LogP contribution in [0.15, 0.2) is 0 Å². The van der Waals surface area contributed by atoms with Gasteiger partial charge in [-0.05, 0) is 0 Å². The zero-order chi connectivity index (χ0) is 3.58. The quantitative estimate of drug-likeness (QED) is 0.601. The molecule has 0 bridgehead atoms. The minimum absolute atomic E-state index is 0. The fourth-order valence-electron chi connectivity index (χ4n) is 0. The first-order valence-electron chi connectivity index (χ1n) is 0.651. The van der Waals surface area contributed by atoms with E-state index in [0.717, 1.165) is 0 Å². The minimum atomic E-state index is -1.83. The van der Waals surface area contributed by atoms with Crippen molar-refractivity contribution in [1.82, 2.24) is 0 Å². The predicted octanol–water partition coefficient (Wildman–Crippen LogP) is -0.325. The summed E-state index contributed by atoms with van der Waals surface area (Å²) in [6.07, 6.45) is -1.83. The normalized spacial score (nSPS) is 4.00. The van der Waals surface area contributed by atoms with Crippen LogP contribution in [0.25, 0.3) is 0 Å². The van der Waals surface area contributed by atoms with Crippen LogP contribution in [-0.4, -0.2) is 42.6 Å². The van der Waals surface area contributed by atoms with Crippen molar-refractivity contribution in [3.63, 3.8) is 0 Å². The molecule has 0 saturated heterocycles. The molecule has 40 valence electrons. The van der Waals surface area contributed by atoms with E-state index >= 15 is 0 Å². The molecule has 0 spiro atoms. The van der Waals surface area contributed by atoms with Crippen LogP contribution in [0.1, 0.15) is 7.43 Å². The molecule has 0 unspecified atom stereocenters. The molecule has 0 fully saturated rings. The van der Waals surface area contributed by atoms with Crippen LogP contribution in [0.4, 0.5) is 4.79 Å². The number of hydrogen-bond donors (Lipinski definition) is 2.